The van der Waals surface area contributed by atoms with Crippen molar-refractivity contribution in [2.24, 2.45) is 0 Å². The van der Waals surface area contributed by atoms with Crippen LogP contribution in [0, 0.1) is 11.3 Å². The molecular weight excluding hydrogens is 270 g/mol. The second kappa shape index (κ2) is 4.30. The van der Waals surface area contributed by atoms with Crippen molar-refractivity contribution in [3.8, 4) is 11.9 Å². The van der Waals surface area contributed by atoms with Crippen LogP contribution in [0.5, 0.6) is 0 Å². The van der Waals surface area contributed by atoms with E-state index in [9.17, 15) is 0 Å². The van der Waals surface area contributed by atoms with E-state index < -0.39 is 0 Å². The molecule has 2 rings (SSSR count). The smallest absolute Gasteiger partial charge is 0.173 e. The Balaban J connectivity index is 2.60. The third-order valence-electron chi connectivity index (χ3n) is 1.82. The van der Waals surface area contributed by atoms with Gasteiger partial charge in [-0.2, -0.15) is 10.4 Å². The Hall–Kier alpha value is -1.28. The molecule has 2 aromatic heterocycles. The second-order valence-corrected chi connectivity index (χ2v) is 4.03. The van der Waals surface area contributed by atoms with Crippen molar-refractivity contribution in [3.63, 3.8) is 0 Å². The SMILES string of the molecule is N#Cc1cnn(-c2ncc(Cl)cc2Cl)c1Cl. The Labute approximate surface area is 106 Å². The monoisotopic (exact) mass is 272 g/mol. The summed E-state index contributed by atoms with van der Waals surface area (Å²) in [6, 6.07) is 3.43. The Kier molecular flexibility index (Phi) is 3.01. The number of halogens is 3. The largest absolute Gasteiger partial charge is 0.234 e. The fourth-order valence-corrected chi connectivity index (χ4v) is 1.79. The van der Waals surface area contributed by atoms with Crippen molar-refractivity contribution < 1.29 is 0 Å². The Morgan fingerprint density at radius 3 is 2.56 bits per heavy atom. The maximum Gasteiger partial charge on any atom is 0.173 e. The minimum Gasteiger partial charge on any atom is -0.234 e. The number of nitriles is 1. The fourth-order valence-electron chi connectivity index (χ4n) is 1.12. The van der Waals surface area contributed by atoms with Crippen molar-refractivity contribution in [2.45, 2.75) is 0 Å². The molecule has 0 aliphatic rings. The molecule has 16 heavy (non-hydrogen) atoms. The van der Waals surface area contributed by atoms with Crippen molar-refractivity contribution in [1.29, 1.82) is 5.26 Å². The van der Waals surface area contributed by atoms with Gasteiger partial charge in [0.15, 0.2) is 11.0 Å². The molecule has 0 saturated carbocycles. The van der Waals surface area contributed by atoms with E-state index in [-0.39, 0.29) is 10.7 Å². The molecule has 0 aliphatic carbocycles. The lowest BCUT2D eigenvalue weighted by Crippen LogP contribution is -2.00. The van der Waals surface area contributed by atoms with Crippen LogP contribution in [0.3, 0.4) is 0 Å². The van der Waals surface area contributed by atoms with Gasteiger partial charge in [-0.05, 0) is 6.07 Å². The summed E-state index contributed by atoms with van der Waals surface area (Å²) in [4.78, 5) is 4.00. The number of pyridine rings is 1. The lowest BCUT2D eigenvalue weighted by Gasteiger charge is -2.04. The van der Waals surface area contributed by atoms with E-state index in [0.29, 0.717) is 15.9 Å². The zero-order chi connectivity index (χ0) is 11.7. The van der Waals surface area contributed by atoms with E-state index in [1.165, 1.54) is 23.1 Å². The first-order valence-electron chi connectivity index (χ1n) is 4.08. The summed E-state index contributed by atoms with van der Waals surface area (Å²) in [5.41, 5.74) is 0.259. The molecule has 0 amide bonds. The van der Waals surface area contributed by atoms with Gasteiger partial charge in [0, 0.05) is 6.20 Å². The van der Waals surface area contributed by atoms with Crippen LogP contribution in [0.4, 0.5) is 0 Å². The van der Waals surface area contributed by atoms with E-state index in [1.807, 2.05) is 6.07 Å². The normalized spacial score (nSPS) is 10.1. The zero-order valence-corrected chi connectivity index (χ0v) is 9.92. The van der Waals surface area contributed by atoms with Crippen LogP contribution in [-0.2, 0) is 0 Å². The number of rotatable bonds is 1. The fraction of sp³-hybridized carbons (Fsp3) is 0. The van der Waals surface area contributed by atoms with Gasteiger partial charge in [-0.15, -0.1) is 0 Å². The summed E-state index contributed by atoms with van der Waals surface area (Å²) in [7, 11) is 0. The first kappa shape index (κ1) is 11.2. The molecule has 2 heterocycles. The molecule has 0 aromatic carbocycles. The van der Waals surface area contributed by atoms with Crippen LogP contribution in [0.2, 0.25) is 15.2 Å². The maximum atomic E-state index is 8.73. The molecule has 0 N–H and O–H groups in total. The summed E-state index contributed by atoms with van der Waals surface area (Å²) < 4.78 is 1.28. The van der Waals surface area contributed by atoms with Crippen LogP contribution in [0.1, 0.15) is 5.56 Å². The molecule has 80 valence electrons. The van der Waals surface area contributed by atoms with Crippen LogP contribution in [0.25, 0.3) is 5.82 Å². The topological polar surface area (TPSA) is 54.5 Å². The summed E-state index contributed by atoms with van der Waals surface area (Å²) in [6.45, 7) is 0. The number of nitrogens with zero attached hydrogens (tertiary/aromatic N) is 4. The van der Waals surface area contributed by atoms with Gasteiger partial charge < -0.3 is 0 Å². The standard InChI is InChI=1S/C9H3Cl3N4/c10-6-1-7(11)9(14-4-6)16-8(12)5(2-13)3-15-16/h1,3-4H. The molecule has 0 aliphatic heterocycles. The zero-order valence-electron chi connectivity index (χ0n) is 7.65. The van der Waals surface area contributed by atoms with Gasteiger partial charge >= 0.3 is 0 Å². The third-order valence-corrected chi connectivity index (χ3v) is 2.67. The molecule has 0 bridgehead atoms. The Morgan fingerprint density at radius 1 is 1.25 bits per heavy atom. The average Bonchev–Trinajstić information content (AvgIpc) is 2.60. The van der Waals surface area contributed by atoms with E-state index in [1.54, 1.807) is 0 Å². The van der Waals surface area contributed by atoms with Crippen molar-refractivity contribution in [1.82, 2.24) is 14.8 Å². The highest BCUT2D eigenvalue weighted by atomic mass is 35.5. The molecule has 2 aromatic rings. The van der Waals surface area contributed by atoms with E-state index >= 15 is 0 Å². The van der Waals surface area contributed by atoms with Gasteiger partial charge in [0.25, 0.3) is 0 Å². The number of hydrogen-bond acceptors (Lipinski definition) is 3. The summed E-state index contributed by atoms with van der Waals surface area (Å²) in [5.74, 6) is 0.331. The molecule has 4 nitrogen and oxygen atoms in total. The molecule has 0 radical (unpaired) electrons. The summed E-state index contributed by atoms with van der Waals surface area (Å²) in [6.07, 6.45) is 2.77. The predicted octanol–water partition coefficient (Wildman–Crippen LogP) is 3.10. The van der Waals surface area contributed by atoms with Gasteiger partial charge in [0.1, 0.15) is 11.6 Å². The van der Waals surface area contributed by atoms with Gasteiger partial charge in [-0.3, -0.25) is 0 Å². The molecule has 0 spiro atoms. The molecule has 0 atom stereocenters. The van der Waals surface area contributed by atoms with Gasteiger partial charge in [-0.25, -0.2) is 9.67 Å². The highest BCUT2D eigenvalue weighted by molar-refractivity contribution is 6.35. The van der Waals surface area contributed by atoms with E-state index in [4.69, 9.17) is 40.1 Å². The lowest BCUT2D eigenvalue weighted by molar-refractivity contribution is 0.848. The second-order valence-electron chi connectivity index (χ2n) is 2.83. The van der Waals surface area contributed by atoms with Gasteiger partial charge in [0.2, 0.25) is 0 Å². The molecule has 0 saturated heterocycles. The third kappa shape index (κ3) is 1.85. The summed E-state index contributed by atoms with van der Waals surface area (Å²) >= 11 is 17.6. The van der Waals surface area contributed by atoms with Crippen molar-refractivity contribution in [2.75, 3.05) is 0 Å². The van der Waals surface area contributed by atoms with Crippen LogP contribution < -0.4 is 0 Å². The highest BCUT2D eigenvalue weighted by Crippen LogP contribution is 2.25. The highest BCUT2D eigenvalue weighted by Gasteiger charge is 2.13. The predicted molar refractivity (Wildman–Crippen MR) is 61.1 cm³/mol. The van der Waals surface area contributed by atoms with E-state index in [2.05, 4.69) is 10.1 Å². The van der Waals surface area contributed by atoms with Crippen molar-refractivity contribution in [3.05, 3.63) is 39.2 Å². The molecule has 7 heteroatoms. The van der Waals surface area contributed by atoms with Gasteiger partial charge in [0.05, 0.1) is 16.2 Å². The Morgan fingerprint density at radius 2 is 2.00 bits per heavy atom. The first-order valence-corrected chi connectivity index (χ1v) is 5.22. The molecule has 0 fully saturated rings. The number of hydrogen-bond donors (Lipinski definition) is 0. The molecular formula is C9H3Cl3N4. The molecule has 0 unspecified atom stereocenters. The van der Waals surface area contributed by atoms with E-state index in [0.717, 1.165) is 0 Å². The van der Waals surface area contributed by atoms with Gasteiger partial charge in [-0.1, -0.05) is 34.8 Å². The lowest BCUT2D eigenvalue weighted by atomic mass is 10.4. The maximum absolute atomic E-state index is 8.73. The quantitative estimate of drug-likeness (QED) is 0.802. The van der Waals surface area contributed by atoms with Crippen LogP contribution in [0.15, 0.2) is 18.5 Å². The van der Waals surface area contributed by atoms with Crippen LogP contribution in [-0.4, -0.2) is 14.8 Å². The average molecular weight is 274 g/mol. The van der Waals surface area contributed by atoms with Crippen LogP contribution >= 0.6 is 34.8 Å². The number of aromatic nitrogens is 3. The first-order chi connectivity index (χ1) is 7.63. The van der Waals surface area contributed by atoms with Crippen molar-refractivity contribution >= 4 is 34.8 Å². The minimum atomic E-state index is 0.166. The minimum absolute atomic E-state index is 0.166. The summed E-state index contributed by atoms with van der Waals surface area (Å²) in [5, 5.41) is 13.5. The Bertz CT molecular complexity index is 585.